The molecule has 1 aromatic carbocycles. The van der Waals surface area contributed by atoms with Gasteiger partial charge in [0.05, 0.1) is 5.39 Å². The standard InChI is InChI=1S/C11H10O2S/c1-2-14-11-7-9(12)8-5-3-4-6-10(8)13-11/h3-7H,2H2,1H3. The van der Waals surface area contributed by atoms with Crippen LogP contribution in [0.1, 0.15) is 6.92 Å². The van der Waals surface area contributed by atoms with E-state index < -0.39 is 0 Å². The Bertz CT molecular complexity index is 502. The average Bonchev–Trinajstić information content (AvgIpc) is 2.18. The molecule has 2 aromatic rings. The lowest BCUT2D eigenvalue weighted by Gasteiger charge is -1.99. The lowest BCUT2D eigenvalue weighted by Crippen LogP contribution is -1.99. The van der Waals surface area contributed by atoms with Crippen molar-refractivity contribution < 1.29 is 4.42 Å². The zero-order chi connectivity index (χ0) is 9.97. The number of rotatable bonds is 2. The van der Waals surface area contributed by atoms with E-state index in [0.717, 1.165) is 5.75 Å². The van der Waals surface area contributed by atoms with E-state index in [-0.39, 0.29) is 5.43 Å². The van der Waals surface area contributed by atoms with Crippen LogP contribution in [0.25, 0.3) is 11.0 Å². The van der Waals surface area contributed by atoms with Gasteiger partial charge in [-0.3, -0.25) is 4.79 Å². The molecule has 14 heavy (non-hydrogen) atoms. The fraction of sp³-hybridized carbons (Fsp3) is 0.182. The molecule has 0 atom stereocenters. The van der Waals surface area contributed by atoms with Gasteiger partial charge in [-0.2, -0.15) is 0 Å². The SMILES string of the molecule is CCSc1cc(=O)c2ccccc2o1. The Balaban J connectivity index is 2.66. The molecule has 0 saturated carbocycles. The van der Waals surface area contributed by atoms with Crippen LogP contribution in [0.2, 0.25) is 0 Å². The van der Waals surface area contributed by atoms with E-state index in [1.807, 2.05) is 25.1 Å². The summed E-state index contributed by atoms with van der Waals surface area (Å²) in [6, 6.07) is 8.85. The molecule has 2 nitrogen and oxygen atoms in total. The molecule has 2 rings (SSSR count). The van der Waals surface area contributed by atoms with E-state index >= 15 is 0 Å². The topological polar surface area (TPSA) is 30.2 Å². The Kier molecular flexibility index (Phi) is 2.59. The third-order valence-electron chi connectivity index (χ3n) is 1.90. The van der Waals surface area contributed by atoms with Crippen LogP contribution < -0.4 is 5.43 Å². The van der Waals surface area contributed by atoms with Crippen molar-refractivity contribution in [3.05, 3.63) is 40.6 Å². The van der Waals surface area contributed by atoms with Crippen LogP contribution in [0.3, 0.4) is 0 Å². The Morgan fingerprint density at radius 1 is 1.36 bits per heavy atom. The van der Waals surface area contributed by atoms with Gasteiger partial charge in [0.15, 0.2) is 10.5 Å². The third kappa shape index (κ3) is 1.68. The predicted octanol–water partition coefficient (Wildman–Crippen LogP) is 2.91. The van der Waals surface area contributed by atoms with Crippen LogP contribution in [-0.2, 0) is 0 Å². The van der Waals surface area contributed by atoms with E-state index in [9.17, 15) is 4.79 Å². The van der Waals surface area contributed by atoms with E-state index in [0.29, 0.717) is 16.1 Å². The normalized spacial score (nSPS) is 10.6. The molecule has 0 aliphatic heterocycles. The molecule has 0 N–H and O–H groups in total. The molecule has 3 heteroatoms. The van der Waals surface area contributed by atoms with Crippen molar-refractivity contribution in [3.63, 3.8) is 0 Å². The second-order valence-electron chi connectivity index (χ2n) is 2.86. The highest BCUT2D eigenvalue weighted by Gasteiger charge is 2.02. The van der Waals surface area contributed by atoms with Crippen LogP contribution in [-0.4, -0.2) is 5.75 Å². The summed E-state index contributed by atoms with van der Waals surface area (Å²) in [5, 5.41) is 1.34. The molecule has 0 amide bonds. The predicted molar refractivity (Wildman–Crippen MR) is 58.9 cm³/mol. The first-order chi connectivity index (χ1) is 6.81. The van der Waals surface area contributed by atoms with Crippen molar-refractivity contribution in [1.29, 1.82) is 0 Å². The summed E-state index contributed by atoms with van der Waals surface area (Å²) in [6.07, 6.45) is 0. The zero-order valence-corrected chi connectivity index (χ0v) is 8.64. The maximum atomic E-state index is 11.6. The molecule has 0 spiro atoms. The molecule has 72 valence electrons. The zero-order valence-electron chi connectivity index (χ0n) is 7.82. The minimum absolute atomic E-state index is 0.0304. The third-order valence-corrected chi connectivity index (χ3v) is 2.67. The van der Waals surface area contributed by atoms with Gasteiger partial charge in [0.25, 0.3) is 0 Å². The van der Waals surface area contributed by atoms with Gasteiger partial charge < -0.3 is 4.42 Å². The maximum absolute atomic E-state index is 11.6. The number of benzene rings is 1. The largest absolute Gasteiger partial charge is 0.450 e. The first kappa shape index (κ1) is 9.34. The van der Waals surface area contributed by atoms with Crippen molar-refractivity contribution in [2.45, 2.75) is 12.0 Å². The highest BCUT2D eigenvalue weighted by molar-refractivity contribution is 7.99. The Morgan fingerprint density at radius 2 is 2.14 bits per heavy atom. The van der Waals surface area contributed by atoms with Gasteiger partial charge in [-0.1, -0.05) is 30.8 Å². The van der Waals surface area contributed by atoms with Crippen molar-refractivity contribution >= 4 is 22.7 Å². The molecule has 0 saturated heterocycles. The first-order valence-corrected chi connectivity index (χ1v) is 5.45. The van der Waals surface area contributed by atoms with Crippen molar-refractivity contribution in [2.24, 2.45) is 0 Å². The molecule has 0 radical (unpaired) electrons. The smallest absolute Gasteiger partial charge is 0.193 e. The number of para-hydroxylation sites is 1. The fourth-order valence-electron chi connectivity index (χ4n) is 1.30. The number of hydrogen-bond acceptors (Lipinski definition) is 3. The minimum atomic E-state index is 0.0304. The van der Waals surface area contributed by atoms with E-state index in [1.165, 1.54) is 11.8 Å². The number of hydrogen-bond donors (Lipinski definition) is 0. The quantitative estimate of drug-likeness (QED) is 0.708. The number of fused-ring (bicyclic) bond motifs is 1. The average molecular weight is 206 g/mol. The molecule has 0 aliphatic carbocycles. The Labute approximate surface area is 85.9 Å². The second kappa shape index (κ2) is 3.88. The van der Waals surface area contributed by atoms with Gasteiger partial charge in [-0.05, 0) is 17.9 Å². The van der Waals surface area contributed by atoms with Crippen LogP contribution in [0.15, 0.2) is 44.6 Å². The van der Waals surface area contributed by atoms with Gasteiger partial charge in [-0.15, -0.1) is 0 Å². The molecule has 0 bridgehead atoms. The highest BCUT2D eigenvalue weighted by atomic mass is 32.2. The monoisotopic (exact) mass is 206 g/mol. The molecule has 0 unspecified atom stereocenters. The van der Waals surface area contributed by atoms with Crippen LogP contribution >= 0.6 is 11.8 Å². The van der Waals surface area contributed by atoms with Crippen LogP contribution in [0.5, 0.6) is 0 Å². The Morgan fingerprint density at radius 3 is 2.93 bits per heavy atom. The van der Waals surface area contributed by atoms with Gasteiger partial charge >= 0.3 is 0 Å². The lowest BCUT2D eigenvalue weighted by molar-refractivity contribution is 0.500. The van der Waals surface area contributed by atoms with Crippen molar-refractivity contribution in [1.82, 2.24) is 0 Å². The minimum Gasteiger partial charge on any atom is -0.450 e. The molecular weight excluding hydrogens is 196 g/mol. The second-order valence-corrected chi connectivity index (χ2v) is 4.13. The maximum Gasteiger partial charge on any atom is 0.193 e. The fourth-order valence-corrected chi connectivity index (χ4v) is 1.92. The summed E-state index contributed by atoms with van der Waals surface area (Å²) >= 11 is 1.54. The van der Waals surface area contributed by atoms with Crippen LogP contribution in [0.4, 0.5) is 0 Å². The van der Waals surface area contributed by atoms with Crippen LogP contribution in [0, 0.1) is 0 Å². The summed E-state index contributed by atoms with van der Waals surface area (Å²) in [7, 11) is 0. The Hall–Kier alpha value is -1.22. The van der Waals surface area contributed by atoms with Gasteiger partial charge in [-0.25, -0.2) is 0 Å². The number of thioether (sulfide) groups is 1. The summed E-state index contributed by atoms with van der Waals surface area (Å²) in [4.78, 5) is 11.6. The molecule has 1 aromatic heterocycles. The molecule has 0 aliphatic rings. The van der Waals surface area contributed by atoms with E-state index in [2.05, 4.69) is 0 Å². The summed E-state index contributed by atoms with van der Waals surface area (Å²) in [5.74, 6) is 0.904. The van der Waals surface area contributed by atoms with Gasteiger partial charge in [0.1, 0.15) is 5.58 Å². The van der Waals surface area contributed by atoms with Crippen molar-refractivity contribution in [2.75, 3.05) is 5.75 Å². The van der Waals surface area contributed by atoms with Crippen molar-refractivity contribution in [3.8, 4) is 0 Å². The molecular formula is C11H10O2S. The van der Waals surface area contributed by atoms with E-state index in [1.54, 1.807) is 12.1 Å². The lowest BCUT2D eigenvalue weighted by atomic mass is 10.2. The van der Waals surface area contributed by atoms with Gasteiger partial charge in [0.2, 0.25) is 0 Å². The van der Waals surface area contributed by atoms with E-state index in [4.69, 9.17) is 4.42 Å². The summed E-state index contributed by atoms with van der Waals surface area (Å²) in [5.41, 5.74) is 0.693. The first-order valence-electron chi connectivity index (χ1n) is 4.47. The highest BCUT2D eigenvalue weighted by Crippen LogP contribution is 2.20. The summed E-state index contributed by atoms with van der Waals surface area (Å²) < 4.78 is 5.55. The molecule has 0 fully saturated rings. The van der Waals surface area contributed by atoms with Gasteiger partial charge in [0, 0.05) is 6.07 Å². The summed E-state index contributed by atoms with van der Waals surface area (Å²) in [6.45, 7) is 2.03. The molecule has 1 heterocycles.